The number of rotatable bonds is 4. The topological polar surface area (TPSA) is 118 Å². The number of ether oxygens (including phenoxy) is 1. The van der Waals surface area contributed by atoms with Gasteiger partial charge in [0.2, 0.25) is 10.3 Å². The monoisotopic (exact) mass is 392 g/mol. The zero-order valence-electron chi connectivity index (χ0n) is 12.0. The Hall–Kier alpha value is -0.920. The van der Waals surface area contributed by atoms with Crippen molar-refractivity contribution in [2.24, 2.45) is 23.7 Å². The van der Waals surface area contributed by atoms with E-state index in [1.165, 1.54) is 0 Å². The molecule has 1 saturated heterocycles. The molecule has 3 saturated carbocycles. The highest BCUT2D eigenvalue weighted by Gasteiger charge is 2.56. The molecule has 8 nitrogen and oxygen atoms in total. The zero-order valence-corrected chi connectivity index (χ0v) is 13.6. The van der Waals surface area contributed by atoms with Crippen LogP contribution < -0.4 is 0 Å². The Bertz CT molecular complexity index is 748. The molecule has 4 aliphatic rings. The molecule has 0 aromatic rings. The minimum atomic E-state index is -6.21. The number of carbonyl (C=O) groups is 1. The van der Waals surface area contributed by atoms with E-state index in [1.807, 2.05) is 4.13 Å². The fourth-order valence-corrected chi connectivity index (χ4v) is 5.90. The molecular formula is C11H13F3NO7S2-. The highest BCUT2D eigenvalue weighted by molar-refractivity contribution is 8.10. The van der Waals surface area contributed by atoms with Gasteiger partial charge in [-0.15, -0.1) is 0 Å². The van der Waals surface area contributed by atoms with Crippen LogP contribution in [0.2, 0.25) is 0 Å². The first-order valence-corrected chi connectivity index (χ1v) is 9.87. The number of esters is 1. The van der Waals surface area contributed by atoms with Gasteiger partial charge >= 0.3 is 11.5 Å². The van der Waals surface area contributed by atoms with Crippen molar-refractivity contribution in [3.05, 3.63) is 4.13 Å². The summed E-state index contributed by atoms with van der Waals surface area (Å²) in [4.78, 5) is 11.7. The van der Waals surface area contributed by atoms with Gasteiger partial charge in [0.05, 0.1) is 18.6 Å². The molecule has 5 unspecified atom stereocenters. The van der Waals surface area contributed by atoms with E-state index >= 15 is 0 Å². The average Bonchev–Trinajstić information content (AvgIpc) is 2.80. The highest BCUT2D eigenvalue weighted by Crippen LogP contribution is 2.53. The van der Waals surface area contributed by atoms with Crippen LogP contribution in [0.25, 0.3) is 4.13 Å². The number of hydrogen-bond donors (Lipinski definition) is 0. The Morgan fingerprint density at radius 2 is 1.79 bits per heavy atom. The largest absolute Gasteiger partial charge is 0.480 e. The molecule has 3 aliphatic carbocycles. The lowest BCUT2D eigenvalue weighted by Gasteiger charge is -2.47. The quantitative estimate of drug-likeness (QED) is 0.657. The van der Waals surface area contributed by atoms with Crippen LogP contribution in [0, 0.1) is 23.7 Å². The van der Waals surface area contributed by atoms with Gasteiger partial charge in [0.25, 0.3) is 0 Å². The minimum Gasteiger partial charge on any atom is -0.465 e. The molecule has 5 atom stereocenters. The van der Waals surface area contributed by atoms with Gasteiger partial charge in [-0.1, -0.05) is 0 Å². The van der Waals surface area contributed by atoms with E-state index in [0.717, 1.165) is 0 Å². The Kier molecular flexibility index (Phi) is 4.13. The van der Waals surface area contributed by atoms with Gasteiger partial charge in [-0.25, -0.2) is 16.8 Å². The summed E-state index contributed by atoms with van der Waals surface area (Å²) >= 11 is 0. The fourth-order valence-electron chi connectivity index (χ4n) is 3.93. The molecule has 0 spiro atoms. The summed E-state index contributed by atoms with van der Waals surface area (Å²) in [5.74, 6) is -1.61. The van der Waals surface area contributed by atoms with E-state index in [0.29, 0.717) is 12.8 Å². The van der Waals surface area contributed by atoms with Gasteiger partial charge in [-0.3, -0.25) is 8.98 Å². The first-order chi connectivity index (χ1) is 10.9. The lowest BCUT2D eigenvalue weighted by Crippen LogP contribution is -2.49. The van der Waals surface area contributed by atoms with Gasteiger partial charge in [0, 0.05) is 5.92 Å². The number of hydrogen-bond acceptors (Lipinski definition) is 7. The van der Waals surface area contributed by atoms with Crippen molar-refractivity contribution >= 4 is 26.3 Å². The maximum atomic E-state index is 12.3. The molecular weight excluding hydrogens is 379 g/mol. The van der Waals surface area contributed by atoms with Gasteiger partial charge < -0.3 is 8.86 Å². The molecule has 4 rings (SSSR count). The third-order valence-corrected chi connectivity index (χ3v) is 7.41. The Morgan fingerprint density at radius 3 is 2.42 bits per heavy atom. The molecule has 0 aromatic carbocycles. The van der Waals surface area contributed by atoms with Crippen LogP contribution in [0.3, 0.4) is 0 Å². The highest BCUT2D eigenvalue weighted by atomic mass is 32.3. The minimum absolute atomic E-state index is 0.0998. The van der Waals surface area contributed by atoms with Crippen molar-refractivity contribution in [1.29, 1.82) is 0 Å². The molecule has 138 valence electrons. The van der Waals surface area contributed by atoms with Crippen LogP contribution in [-0.4, -0.2) is 41.0 Å². The normalized spacial score (nSPS) is 36.5. The number of fused-ring (bicyclic) bond motifs is 2. The van der Waals surface area contributed by atoms with E-state index in [9.17, 15) is 34.8 Å². The zero-order chi connectivity index (χ0) is 17.9. The fraction of sp³-hybridized carbons (Fsp3) is 0.909. The second-order valence-corrected chi connectivity index (χ2v) is 9.17. The van der Waals surface area contributed by atoms with E-state index in [2.05, 4.69) is 4.18 Å². The number of nitrogens with zero attached hydrogens (tertiary/aromatic N) is 1. The van der Waals surface area contributed by atoms with Crippen molar-refractivity contribution in [2.75, 3.05) is 6.61 Å². The van der Waals surface area contributed by atoms with E-state index < -0.39 is 37.9 Å². The summed E-state index contributed by atoms with van der Waals surface area (Å²) in [7, 11) is -11.5. The van der Waals surface area contributed by atoms with Crippen LogP contribution in [0.1, 0.15) is 19.3 Å². The van der Waals surface area contributed by atoms with Crippen LogP contribution >= 0.6 is 0 Å². The van der Waals surface area contributed by atoms with Gasteiger partial charge in [-0.05, 0) is 31.1 Å². The molecule has 2 bridgehead atoms. The Balaban J connectivity index is 1.74. The van der Waals surface area contributed by atoms with E-state index in [4.69, 9.17) is 4.74 Å². The first-order valence-electron chi connectivity index (χ1n) is 7.07. The number of cyclic esters (lactones) is 1. The molecule has 13 heteroatoms. The Labute approximate surface area is 136 Å². The maximum absolute atomic E-state index is 12.3. The molecule has 24 heavy (non-hydrogen) atoms. The van der Waals surface area contributed by atoms with Crippen molar-refractivity contribution in [1.82, 2.24) is 0 Å². The maximum Gasteiger partial charge on any atom is 0.480 e. The van der Waals surface area contributed by atoms with E-state index in [-0.39, 0.29) is 36.8 Å². The lowest BCUT2D eigenvalue weighted by molar-refractivity contribution is -0.145. The second-order valence-electron chi connectivity index (χ2n) is 6.11. The molecule has 1 heterocycles. The number of alkyl halides is 3. The number of halogens is 3. The average molecular weight is 392 g/mol. The van der Waals surface area contributed by atoms with Gasteiger partial charge in [0.15, 0.2) is 10.0 Å². The van der Waals surface area contributed by atoms with Crippen LogP contribution in [0.4, 0.5) is 13.2 Å². The molecule has 0 N–H and O–H groups in total. The Morgan fingerprint density at radius 1 is 1.12 bits per heavy atom. The number of sulfonamides is 1. The number of carbonyl (C=O) groups excluding carboxylic acids is 1. The smallest absolute Gasteiger partial charge is 0.465 e. The summed E-state index contributed by atoms with van der Waals surface area (Å²) in [6, 6.07) is 0. The predicted molar refractivity (Wildman–Crippen MR) is 70.9 cm³/mol. The summed E-state index contributed by atoms with van der Waals surface area (Å²) in [6.45, 7) is 0.0998. The van der Waals surface area contributed by atoms with Crippen molar-refractivity contribution in [3.8, 4) is 0 Å². The van der Waals surface area contributed by atoms with E-state index in [1.54, 1.807) is 0 Å². The van der Waals surface area contributed by atoms with Crippen molar-refractivity contribution in [2.45, 2.75) is 30.9 Å². The first kappa shape index (κ1) is 17.9. The molecule has 0 aromatic heterocycles. The van der Waals surface area contributed by atoms with Crippen molar-refractivity contribution in [3.63, 3.8) is 0 Å². The molecule has 0 radical (unpaired) electrons. The van der Waals surface area contributed by atoms with Crippen LogP contribution in [-0.2, 0) is 34.0 Å². The SMILES string of the molecule is O=C1OCC2C3CCC(CC3OS(=O)(=O)[N-]S(=O)(=O)C(F)(F)F)C12. The van der Waals surface area contributed by atoms with Crippen LogP contribution in [0.15, 0.2) is 0 Å². The third-order valence-electron chi connectivity index (χ3n) is 4.82. The second kappa shape index (κ2) is 5.54. The summed E-state index contributed by atoms with van der Waals surface area (Å²) < 4.78 is 93.3. The van der Waals surface area contributed by atoms with Crippen LogP contribution in [0.5, 0.6) is 0 Å². The lowest BCUT2D eigenvalue weighted by atomic mass is 9.58. The summed E-state index contributed by atoms with van der Waals surface area (Å²) in [5.41, 5.74) is -5.83. The summed E-state index contributed by atoms with van der Waals surface area (Å²) in [5, 5.41) is 0. The van der Waals surface area contributed by atoms with Gasteiger partial charge in [0.1, 0.15) is 0 Å². The van der Waals surface area contributed by atoms with Gasteiger partial charge in [-0.2, -0.15) is 13.2 Å². The van der Waals surface area contributed by atoms with Crippen molar-refractivity contribution < 1.29 is 43.7 Å². The third kappa shape index (κ3) is 3.02. The molecule has 4 fully saturated rings. The summed E-state index contributed by atoms with van der Waals surface area (Å²) in [6.07, 6.45) is 0.284. The molecule has 1 aliphatic heterocycles. The standard InChI is InChI=1S/C11H13F3NO7S2/c12-11(13,14)23(17,18)15-24(19,20)22-8-3-5-1-2-6(8)7-4-21-10(16)9(5)7/h5-9H,1-4H2/q-1. The molecule has 0 amide bonds. The predicted octanol–water partition coefficient (Wildman–Crippen LogP) is 1.06.